The number of hydrogen-bond acceptors (Lipinski definition) is 5. The molecule has 0 atom stereocenters. The Morgan fingerprint density at radius 2 is 1.36 bits per heavy atom. The van der Waals surface area contributed by atoms with Crippen LogP contribution in [-0.2, 0) is 4.74 Å². The van der Waals surface area contributed by atoms with Crippen molar-refractivity contribution in [3.63, 3.8) is 0 Å². The van der Waals surface area contributed by atoms with E-state index in [-0.39, 0.29) is 5.97 Å². The topological polar surface area (TPSA) is 54.0 Å². The van der Waals surface area contributed by atoms with E-state index in [0.29, 0.717) is 29.4 Å². The first-order chi connectivity index (χ1) is 13.6. The van der Waals surface area contributed by atoms with Gasteiger partial charge in [-0.15, -0.1) is 0 Å². The van der Waals surface area contributed by atoms with E-state index < -0.39 is 19.8 Å². The van der Waals surface area contributed by atoms with Gasteiger partial charge in [0.1, 0.15) is 0 Å². The first-order valence-corrected chi connectivity index (χ1v) is 14.7. The average molecular weight is 508 g/mol. The Hall–Kier alpha value is -1.18. The predicted molar refractivity (Wildman–Crippen MR) is 124 cm³/mol. The second kappa shape index (κ2) is 14.8. The van der Waals surface area contributed by atoms with Crippen molar-refractivity contribution in [2.45, 2.75) is 52.4 Å². The quantitative estimate of drug-likeness (QED) is 0.131. The van der Waals surface area contributed by atoms with Crippen molar-refractivity contribution in [3.8, 4) is 17.2 Å². The Morgan fingerprint density at radius 3 is 1.86 bits per heavy atom. The van der Waals surface area contributed by atoms with E-state index in [9.17, 15) is 4.79 Å². The maximum absolute atomic E-state index is 12.3. The molecule has 0 heterocycles. The first-order valence-electron chi connectivity index (χ1n) is 10.2. The molecule has 0 aliphatic heterocycles. The molecule has 1 aromatic carbocycles. The Kier molecular flexibility index (Phi) is 13.1. The van der Waals surface area contributed by atoms with Crippen molar-refractivity contribution in [2.24, 2.45) is 0 Å². The first kappa shape index (κ1) is 24.9. The van der Waals surface area contributed by atoms with Gasteiger partial charge in [0.15, 0.2) is 11.5 Å². The van der Waals surface area contributed by atoms with Gasteiger partial charge in [0.2, 0.25) is 5.75 Å². The number of carbonyl (C=O) groups is 1. The molecule has 0 amide bonds. The average Bonchev–Trinajstić information content (AvgIpc) is 2.73. The minimum absolute atomic E-state index is 0.366. The summed E-state index contributed by atoms with van der Waals surface area (Å²) in [6.45, 7) is 5.15. The third kappa shape index (κ3) is 8.45. The molecule has 0 fully saturated rings. The molecule has 0 saturated heterocycles. The number of hydrogen-bond donors (Lipinski definition) is 0. The van der Waals surface area contributed by atoms with Crippen LogP contribution in [0.15, 0.2) is 12.1 Å². The molecule has 0 unspecified atom stereocenters. The van der Waals surface area contributed by atoms with Crippen LogP contribution in [0.4, 0.5) is 0 Å². The fourth-order valence-corrected chi connectivity index (χ4v) is 7.22. The summed E-state index contributed by atoms with van der Waals surface area (Å²) in [5.41, 5.74) is 0.403. The van der Waals surface area contributed by atoms with Gasteiger partial charge in [0.25, 0.3) is 0 Å². The summed E-state index contributed by atoms with van der Waals surface area (Å²) in [5, 5.41) is 0. The molecule has 6 heteroatoms. The molecular weight excluding hydrogens is 471 g/mol. The van der Waals surface area contributed by atoms with Gasteiger partial charge in [-0.25, -0.2) is 0 Å². The number of ether oxygens (including phenoxy) is 4. The zero-order valence-corrected chi connectivity index (χ0v) is 20.3. The SMILES string of the molecule is CCI(CC)CCCCCCCCOC(=O)c1cc(OC)c(OC)c(OC)c1. The van der Waals surface area contributed by atoms with Crippen molar-refractivity contribution >= 4 is 25.8 Å². The Bertz CT molecular complexity index is 547. The molecule has 1 aromatic rings. The van der Waals surface area contributed by atoms with E-state index in [4.69, 9.17) is 18.9 Å². The van der Waals surface area contributed by atoms with Crippen molar-refractivity contribution in [1.82, 2.24) is 0 Å². The summed E-state index contributed by atoms with van der Waals surface area (Å²) in [6, 6.07) is 3.24. The van der Waals surface area contributed by atoms with Gasteiger partial charge in [-0.3, -0.25) is 0 Å². The summed E-state index contributed by atoms with van der Waals surface area (Å²) < 4.78 is 25.7. The number of carbonyl (C=O) groups excluding carboxylic acids is 1. The van der Waals surface area contributed by atoms with E-state index in [1.54, 1.807) is 12.1 Å². The summed E-state index contributed by atoms with van der Waals surface area (Å²) in [7, 11) is 4.59. The minimum Gasteiger partial charge on any atom is -0.493 e. The third-order valence-corrected chi connectivity index (χ3v) is 11.3. The van der Waals surface area contributed by atoms with Crippen LogP contribution in [0.5, 0.6) is 17.2 Å². The maximum atomic E-state index is 12.3. The molecule has 0 saturated carbocycles. The van der Waals surface area contributed by atoms with E-state index in [1.807, 2.05) is 0 Å². The summed E-state index contributed by atoms with van der Waals surface area (Å²) in [4.78, 5) is 12.3. The smallest absolute Gasteiger partial charge is 0.493 e. The standard InChI is InChI=1S/C22H37IO5/c1-6-23(7-2)14-12-10-8-9-11-13-15-28-22(24)18-16-19(25-3)21(27-5)20(17-18)26-4/h16-17H,6-15H2,1-5H3. The van der Waals surface area contributed by atoms with Crippen molar-refractivity contribution in [1.29, 1.82) is 0 Å². The second-order valence-corrected chi connectivity index (χ2v) is 13.8. The Balaban J connectivity index is 2.28. The fraction of sp³-hybridized carbons (Fsp3) is 0.682. The van der Waals surface area contributed by atoms with E-state index in [2.05, 4.69) is 13.8 Å². The summed E-state index contributed by atoms with van der Waals surface area (Å²) in [6.07, 6.45) is 7.26. The molecule has 0 bridgehead atoms. The molecule has 0 aliphatic carbocycles. The summed E-state index contributed by atoms with van der Waals surface area (Å²) in [5.74, 6) is 1.00. The van der Waals surface area contributed by atoms with Crippen molar-refractivity contribution in [3.05, 3.63) is 17.7 Å². The molecule has 0 aromatic heterocycles. The number of esters is 1. The molecule has 28 heavy (non-hydrogen) atoms. The van der Waals surface area contributed by atoms with Gasteiger partial charge in [-0.05, 0) is 0 Å². The van der Waals surface area contributed by atoms with E-state index in [1.165, 1.54) is 60.3 Å². The monoisotopic (exact) mass is 508 g/mol. The Morgan fingerprint density at radius 1 is 0.821 bits per heavy atom. The predicted octanol–water partition coefficient (Wildman–Crippen LogP) is 5.76. The Labute approximate surface area is 177 Å². The van der Waals surface area contributed by atoms with Crippen LogP contribution in [0, 0.1) is 0 Å². The van der Waals surface area contributed by atoms with Crippen LogP contribution in [0.25, 0.3) is 0 Å². The van der Waals surface area contributed by atoms with Gasteiger partial charge in [0, 0.05) is 0 Å². The molecule has 0 radical (unpaired) electrons. The van der Waals surface area contributed by atoms with Crippen LogP contribution in [0.1, 0.15) is 62.7 Å². The molecule has 0 N–H and O–H groups in total. The molecule has 1 rings (SSSR count). The molecule has 0 aliphatic rings. The molecule has 5 nitrogen and oxygen atoms in total. The zero-order chi connectivity index (χ0) is 20.8. The number of alkyl halides is 3. The zero-order valence-electron chi connectivity index (χ0n) is 18.1. The number of rotatable bonds is 15. The van der Waals surface area contributed by atoms with Crippen LogP contribution in [0.3, 0.4) is 0 Å². The number of halogens is 1. The minimum atomic E-state index is -0.572. The van der Waals surface area contributed by atoms with Crippen LogP contribution in [-0.4, -0.2) is 47.2 Å². The number of methoxy groups -OCH3 is 3. The molecular formula is C22H37IO5. The van der Waals surface area contributed by atoms with Gasteiger partial charge in [0.05, 0.1) is 21.3 Å². The van der Waals surface area contributed by atoms with Crippen LogP contribution >= 0.6 is 19.8 Å². The van der Waals surface area contributed by atoms with Crippen molar-refractivity contribution in [2.75, 3.05) is 41.2 Å². The normalized spacial score (nSPS) is 11.1. The fourth-order valence-electron chi connectivity index (χ4n) is 3.00. The van der Waals surface area contributed by atoms with E-state index >= 15 is 0 Å². The van der Waals surface area contributed by atoms with Gasteiger partial charge in [-0.2, -0.15) is 0 Å². The molecule has 0 spiro atoms. The second-order valence-electron chi connectivity index (χ2n) is 6.46. The van der Waals surface area contributed by atoms with Crippen LogP contribution in [0.2, 0.25) is 0 Å². The van der Waals surface area contributed by atoms with Crippen molar-refractivity contribution < 1.29 is 23.7 Å². The number of benzene rings is 1. The number of unbranched alkanes of at least 4 members (excludes halogenated alkanes) is 5. The van der Waals surface area contributed by atoms with Gasteiger partial charge >= 0.3 is 125 Å². The van der Waals surface area contributed by atoms with Crippen LogP contribution < -0.4 is 14.2 Å². The summed E-state index contributed by atoms with van der Waals surface area (Å²) >= 11 is -0.572. The molecule has 162 valence electrons. The van der Waals surface area contributed by atoms with Gasteiger partial charge in [-0.1, -0.05) is 0 Å². The van der Waals surface area contributed by atoms with Gasteiger partial charge < -0.3 is 14.2 Å². The third-order valence-electron chi connectivity index (χ3n) is 4.68. The van der Waals surface area contributed by atoms with E-state index in [0.717, 1.165) is 12.8 Å².